The van der Waals surface area contributed by atoms with E-state index < -0.39 is 0 Å². The minimum absolute atomic E-state index is 0.0517. The Morgan fingerprint density at radius 1 is 1.14 bits per heavy atom. The highest BCUT2D eigenvalue weighted by molar-refractivity contribution is 5.78. The summed E-state index contributed by atoms with van der Waals surface area (Å²) in [5.74, 6) is -0.234. The van der Waals surface area contributed by atoms with Gasteiger partial charge in [0.05, 0.1) is 19.6 Å². The van der Waals surface area contributed by atoms with Crippen molar-refractivity contribution < 1.29 is 13.9 Å². The lowest BCUT2D eigenvalue weighted by Crippen LogP contribution is -2.42. The molecule has 1 fully saturated rings. The number of carbonyl (C=O) groups excluding carboxylic acids is 1. The van der Waals surface area contributed by atoms with Gasteiger partial charge in [0.15, 0.2) is 0 Å². The van der Waals surface area contributed by atoms with Crippen LogP contribution in [0.1, 0.15) is 17.2 Å². The average Bonchev–Trinajstić information content (AvgIpc) is 2.58. The Labute approximate surface area is 129 Å². The fourth-order valence-electron chi connectivity index (χ4n) is 2.63. The molecule has 1 saturated heterocycles. The first-order valence-electron chi connectivity index (χ1n) is 7.41. The van der Waals surface area contributed by atoms with Gasteiger partial charge in [-0.1, -0.05) is 42.5 Å². The lowest BCUT2D eigenvalue weighted by Gasteiger charge is -2.33. The molecule has 4 heteroatoms. The number of nitrogens with zero attached hydrogens (tertiary/aromatic N) is 1. The molecule has 22 heavy (non-hydrogen) atoms. The average molecular weight is 299 g/mol. The van der Waals surface area contributed by atoms with Gasteiger partial charge in [0.25, 0.3) is 0 Å². The van der Waals surface area contributed by atoms with Crippen molar-refractivity contribution in [2.75, 3.05) is 19.7 Å². The van der Waals surface area contributed by atoms with Crippen molar-refractivity contribution in [1.29, 1.82) is 0 Å². The van der Waals surface area contributed by atoms with Crippen molar-refractivity contribution in [3.05, 3.63) is 71.5 Å². The van der Waals surface area contributed by atoms with Crippen molar-refractivity contribution in [2.24, 2.45) is 0 Å². The van der Waals surface area contributed by atoms with Crippen molar-refractivity contribution in [3.8, 4) is 0 Å². The summed E-state index contributed by atoms with van der Waals surface area (Å²) in [5, 5.41) is 0. The highest BCUT2D eigenvalue weighted by atomic mass is 19.1. The van der Waals surface area contributed by atoms with Crippen LogP contribution >= 0.6 is 0 Å². The first kappa shape index (κ1) is 14.7. The van der Waals surface area contributed by atoms with Crippen LogP contribution in [-0.2, 0) is 16.0 Å². The van der Waals surface area contributed by atoms with Gasteiger partial charge in [0.2, 0.25) is 5.91 Å². The maximum Gasteiger partial charge on any atom is 0.227 e. The molecule has 114 valence electrons. The minimum Gasteiger partial charge on any atom is -0.370 e. The molecule has 0 spiro atoms. The van der Waals surface area contributed by atoms with Gasteiger partial charge in [0.1, 0.15) is 11.9 Å². The molecule has 1 heterocycles. The second-order valence-corrected chi connectivity index (χ2v) is 5.41. The molecule has 2 aromatic rings. The number of hydrogen-bond acceptors (Lipinski definition) is 2. The molecule has 1 atom stereocenters. The molecule has 0 N–H and O–H groups in total. The zero-order valence-electron chi connectivity index (χ0n) is 12.2. The maximum atomic E-state index is 12.9. The maximum absolute atomic E-state index is 12.9. The van der Waals surface area contributed by atoms with Gasteiger partial charge in [-0.05, 0) is 23.3 Å². The van der Waals surface area contributed by atoms with Crippen LogP contribution in [0.5, 0.6) is 0 Å². The number of carbonyl (C=O) groups is 1. The third-order valence-electron chi connectivity index (χ3n) is 3.86. The summed E-state index contributed by atoms with van der Waals surface area (Å²) in [6.07, 6.45) is 0.217. The third-order valence-corrected chi connectivity index (χ3v) is 3.86. The summed E-state index contributed by atoms with van der Waals surface area (Å²) < 4.78 is 18.7. The molecule has 0 aromatic heterocycles. The first-order chi connectivity index (χ1) is 10.7. The lowest BCUT2D eigenvalue weighted by molar-refractivity contribution is -0.138. The molecular formula is C18H18FNO2. The van der Waals surface area contributed by atoms with Crippen LogP contribution in [-0.4, -0.2) is 30.5 Å². The van der Waals surface area contributed by atoms with Gasteiger partial charge < -0.3 is 9.64 Å². The van der Waals surface area contributed by atoms with Gasteiger partial charge in [-0.3, -0.25) is 4.79 Å². The van der Waals surface area contributed by atoms with Crippen LogP contribution in [0, 0.1) is 5.82 Å². The molecule has 0 saturated carbocycles. The van der Waals surface area contributed by atoms with E-state index in [2.05, 4.69) is 0 Å². The summed E-state index contributed by atoms with van der Waals surface area (Å²) in [6.45, 7) is 1.70. The van der Waals surface area contributed by atoms with Crippen LogP contribution in [0.3, 0.4) is 0 Å². The minimum atomic E-state index is -0.285. The smallest absolute Gasteiger partial charge is 0.227 e. The van der Waals surface area contributed by atoms with E-state index >= 15 is 0 Å². The molecule has 1 unspecified atom stereocenters. The normalized spacial score (nSPS) is 18.2. The number of hydrogen-bond donors (Lipinski definition) is 0. The topological polar surface area (TPSA) is 29.5 Å². The van der Waals surface area contributed by atoms with Gasteiger partial charge in [-0.2, -0.15) is 0 Å². The Bertz CT molecular complexity index is 627. The second-order valence-electron chi connectivity index (χ2n) is 5.41. The van der Waals surface area contributed by atoms with Crippen LogP contribution < -0.4 is 0 Å². The van der Waals surface area contributed by atoms with Crippen molar-refractivity contribution in [1.82, 2.24) is 4.90 Å². The SMILES string of the molecule is O=C(Cc1ccc(F)cc1)N1CCOC(c2ccccc2)C1. The van der Waals surface area contributed by atoms with E-state index in [9.17, 15) is 9.18 Å². The Kier molecular flexibility index (Phi) is 4.49. The highest BCUT2D eigenvalue weighted by Gasteiger charge is 2.25. The van der Waals surface area contributed by atoms with Gasteiger partial charge >= 0.3 is 0 Å². The Hall–Kier alpha value is -2.20. The van der Waals surface area contributed by atoms with Gasteiger partial charge in [-0.15, -0.1) is 0 Å². The third kappa shape index (κ3) is 3.52. The summed E-state index contributed by atoms with van der Waals surface area (Å²) >= 11 is 0. The number of halogens is 1. The van der Waals surface area contributed by atoms with Crippen LogP contribution in [0.4, 0.5) is 4.39 Å². The van der Waals surface area contributed by atoms with E-state index in [1.807, 2.05) is 35.2 Å². The number of ether oxygens (including phenoxy) is 1. The zero-order chi connectivity index (χ0) is 15.4. The summed E-state index contributed by atoms with van der Waals surface area (Å²) in [7, 11) is 0. The Morgan fingerprint density at radius 2 is 1.86 bits per heavy atom. The zero-order valence-corrected chi connectivity index (χ0v) is 12.2. The summed E-state index contributed by atoms with van der Waals surface area (Å²) in [5.41, 5.74) is 1.91. The van der Waals surface area contributed by atoms with E-state index in [1.54, 1.807) is 12.1 Å². The van der Waals surface area contributed by atoms with Crippen molar-refractivity contribution in [3.63, 3.8) is 0 Å². The molecule has 1 aliphatic heterocycles. The number of morpholine rings is 1. The summed E-state index contributed by atoms with van der Waals surface area (Å²) in [4.78, 5) is 14.2. The number of amides is 1. The second kappa shape index (κ2) is 6.71. The Morgan fingerprint density at radius 3 is 2.59 bits per heavy atom. The van der Waals surface area contributed by atoms with E-state index in [0.717, 1.165) is 11.1 Å². The van der Waals surface area contributed by atoms with Crippen LogP contribution in [0.15, 0.2) is 54.6 Å². The van der Waals surface area contributed by atoms with Crippen molar-refractivity contribution in [2.45, 2.75) is 12.5 Å². The van der Waals surface area contributed by atoms with Gasteiger partial charge in [-0.25, -0.2) is 4.39 Å². The number of benzene rings is 2. The van der Waals surface area contributed by atoms with Crippen molar-refractivity contribution >= 4 is 5.91 Å². The fraction of sp³-hybridized carbons (Fsp3) is 0.278. The van der Waals surface area contributed by atoms with Crippen LogP contribution in [0.25, 0.3) is 0 Å². The van der Waals surface area contributed by atoms with Crippen LogP contribution in [0.2, 0.25) is 0 Å². The van der Waals surface area contributed by atoms with Gasteiger partial charge in [0, 0.05) is 6.54 Å². The summed E-state index contributed by atoms with van der Waals surface area (Å²) in [6, 6.07) is 16.0. The lowest BCUT2D eigenvalue weighted by atomic mass is 10.1. The standard InChI is InChI=1S/C18H18FNO2/c19-16-8-6-14(7-9-16)12-18(21)20-10-11-22-17(13-20)15-4-2-1-3-5-15/h1-9,17H,10-13H2. The van der Waals surface area contributed by atoms with E-state index in [-0.39, 0.29) is 17.8 Å². The molecule has 0 bridgehead atoms. The molecule has 0 radical (unpaired) electrons. The Balaban J connectivity index is 1.64. The highest BCUT2D eigenvalue weighted by Crippen LogP contribution is 2.22. The molecule has 1 aliphatic rings. The predicted octanol–water partition coefficient (Wildman–Crippen LogP) is 2.97. The largest absolute Gasteiger partial charge is 0.370 e. The first-order valence-corrected chi connectivity index (χ1v) is 7.41. The monoisotopic (exact) mass is 299 g/mol. The molecule has 3 nitrogen and oxygen atoms in total. The number of rotatable bonds is 3. The molecular weight excluding hydrogens is 281 g/mol. The fourth-order valence-corrected chi connectivity index (χ4v) is 2.63. The quantitative estimate of drug-likeness (QED) is 0.872. The molecule has 1 amide bonds. The predicted molar refractivity (Wildman–Crippen MR) is 81.8 cm³/mol. The molecule has 0 aliphatic carbocycles. The molecule has 2 aromatic carbocycles. The molecule has 3 rings (SSSR count). The van der Waals surface area contributed by atoms with E-state index in [1.165, 1.54) is 12.1 Å². The van der Waals surface area contributed by atoms with E-state index in [4.69, 9.17) is 4.74 Å². The van der Waals surface area contributed by atoms with E-state index in [0.29, 0.717) is 26.1 Å².